The Morgan fingerprint density at radius 1 is 1.09 bits per heavy atom. The van der Waals surface area contributed by atoms with E-state index in [4.69, 9.17) is 8.94 Å². The van der Waals surface area contributed by atoms with Crippen LogP contribution in [0.4, 0.5) is 0 Å². The molecule has 0 aliphatic carbocycles. The van der Waals surface area contributed by atoms with E-state index in [9.17, 15) is 9.59 Å². The van der Waals surface area contributed by atoms with Gasteiger partial charge in [-0.25, -0.2) is 0 Å². The number of rotatable bonds is 8. The number of carbonyl (C=O) groups excluding carboxylic acids is 2. The lowest BCUT2D eigenvalue weighted by Crippen LogP contribution is -2.48. The molecule has 9 nitrogen and oxygen atoms in total. The van der Waals surface area contributed by atoms with Crippen LogP contribution in [0.2, 0.25) is 0 Å². The van der Waals surface area contributed by atoms with Gasteiger partial charge in [0.2, 0.25) is 17.6 Å². The smallest absolute Gasteiger partial charge is 0.287 e. The minimum Gasteiger partial charge on any atom is -0.459 e. The number of carbonyl (C=O) groups is 2. The van der Waals surface area contributed by atoms with Gasteiger partial charge in [0.15, 0.2) is 5.76 Å². The largest absolute Gasteiger partial charge is 0.459 e. The number of likely N-dealkylation sites (N-methyl/N-ethyl adjacent to an activating group) is 1. The van der Waals surface area contributed by atoms with Crippen LogP contribution in [0.15, 0.2) is 82.2 Å². The number of nitrogens with zero attached hydrogens (tertiary/aromatic N) is 4. The molecule has 0 aliphatic heterocycles. The van der Waals surface area contributed by atoms with Crippen LogP contribution in [0.25, 0.3) is 11.4 Å². The fraction of sp³-hybridized carbons (Fsp3) is 0.174. The molecule has 1 N–H and O–H groups in total. The maximum Gasteiger partial charge on any atom is 0.287 e. The Labute approximate surface area is 184 Å². The SMILES string of the molecule is CN(Cc1nc(-c2cccnc2)no1)C(=O)C(Cc1ccccc1)NC(=O)c1ccco1. The van der Waals surface area contributed by atoms with Crippen molar-refractivity contribution in [1.29, 1.82) is 0 Å². The van der Waals surface area contributed by atoms with Crippen molar-refractivity contribution in [2.75, 3.05) is 7.05 Å². The van der Waals surface area contributed by atoms with Crippen molar-refractivity contribution >= 4 is 11.8 Å². The molecule has 9 heteroatoms. The van der Waals surface area contributed by atoms with Gasteiger partial charge < -0.3 is 19.2 Å². The number of hydrogen-bond acceptors (Lipinski definition) is 7. The predicted octanol–water partition coefficient (Wildman–Crippen LogP) is 2.72. The summed E-state index contributed by atoms with van der Waals surface area (Å²) < 4.78 is 10.4. The highest BCUT2D eigenvalue weighted by molar-refractivity contribution is 5.95. The molecule has 3 heterocycles. The molecule has 0 radical (unpaired) electrons. The molecule has 1 aromatic carbocycles. The van der Waals surface area contributed by atoms with Crippen molar-refractivity contribution in [3.05, 3.63) is 90.5 Å². The summed E-state index contributed by atoms with van der Waals surface area (Å²) in [5.74, 6) is 0.0391. The van der Waals surface area contributed by atoms with E-state index in [2.05, 4.69) is 20.4 Å². The molecule has 0 saturated heterocycles. The van der Waals surface area contributed by atoms with Crippen molar-refractivity contribution in [3.8, 4) is 11.4 Å². The predicted molar refractivity (Wildman–Crippen MR) is 114 cm³/mol. The van der Waals surface area contributed by atoms with Crippen LogP contribution in [0, 0.1) is 0 Å². The molecule has 32 heavy (non-hydrogen) atoms. The van der Waals surface area contributed by atoms with Crippen molar-refractivity contribution in [1.82, 2.24) is 25.3 Å². The van der Waals surface area contributed by atoms with Gasteiger partial charge in [0, 0.05) is 31.4 Å². The van der Waals surface area contributed by atoms with Crippen molar-refractivity contribution in [2.24, 2.45) is 0 Å². The molecule has 0 aliphatic rings. The van der Waals surface area contributed by atoms with E-state index in [1.54, 1.807) is 37.6 Å². The van der Waals surface area contributed by atoms with Gasteiger partial charge in [0.05, 0.1) is 12.8 Å². The number of hydrogen-bond donors (Lipinski definition) is 1. The second-order valence-electron chi connectivity index (χ2n) is 7.14. The second-order valence-corrected chi connectivity index (χ2v) is 7.14. The third kappa shape index (κ3) is 5.07. The first-order valence-corrected chi connectivity index (χ1v) is 9.96. The molecule has 0 saturated carbocycles. The maximum atomic E-state index is 13.2. The average Bonchev–Trinajstić information content (AvgIpc) is 3.52. The third-order valence-electron chi connectivity index (χ3n) is 4.77. The van der Waals surface area contributed by atoms with Gasteiger partial charge in [-0.3, -0.25) is 14.6 Å². The van der Waals surface area contributed by atoms with Gasteiger partial charge in [-0.05, 0) is 29.8 Å². The molecule has 1 atom stereocenters. The Bertz CT molecular complexity index is 1160. The minimum atomic E-state index is -0.805. The van der Waals surface area contributed by atoms with Gasteiger partial charge in [-0.15, -0.1) is 0 Å². The lowest BCUT2D eigenvalue weighted by atomic mass is 10.0. The average molecular weight is 431 g/mol. The molecule has 162 valence electrons. The first kappa shape index (κ1) is 21.0. The van der Waals surface area contributed by atoms with E-state index in [1.165, 1.54) is 11.2 Å². The molecule has 4 aromatic rings. The summed E-state index contributed by atoms with van der Waals surface area (Å²) >= 11 is 0. The Kier molecular flexibility index (Phi) is 6.35. The Hall–Kier alpha value is -4.27. The lowest BCUT2D eigenvalue weighted by Gasteiger charge is -2.23. The van der Waals surface area contributed by atoms with E-state index in [1.807, 2.05) is 36.4 Å². The number of amides is 2. The summed E-state index contributed by atoms with van der Waals surface area (Å²) in [6.07, 6.45) is 5.01. The zero-order valence-corrected chi connectivity index (χ0v) is 17.3. The minimum absolute atomic E-state index is 0.0913. The highest BCUT2D eigenvalue weighted by Gasteiger charge is 2.27. The number of benzene rings is 1. The zero-order chi connectivity index (χ0) is 22.3. The molecule has 3 aromatic heterocycles. The Morgan fingerprint density at radius 3 is 2.66 bits per heavy atom. The topological polar surface area (TPSA) is 114 Å². The van der Waals surface area contributed by atoms with E-state index in [-0.39, 0.29) is 24.1 Å². The molecular weight excluding hydrogens is 410 g/mol. The Balaban J connectivity index is 1.48. The first-order chi connectivity index (χ1) is 15.6. The van der Waals surface area contributed by atoms with Crippen molar-refractivity contribution in [2.45, 2.75) is 19.0 Å². The zero-order valence-electron chi connectivity index (χ0n) is 17.3. The molecule has 2 amide bonds. The van der Waals surface area contributed by atoms with Crippen LogP contribution in [-0.2, 0) is 17.8 Å². The van der Waals surface area contributed by atoms with Gasteiger partial charge in [-0.1, -0.05) is 35.5 Å². The molecule has 4 rings (SSSR count). The fourth-order valence-corrected chi connectivity index (χ4v) is 3.17. The number of nitrogens with one attached hydrogen (secondary N) is 1. The van der Waals surface area contributed by atoms with Crippen molar-refractivity contribution in [3.63, 3.8) is 0 Å². The number of aromatic nitrogens is 3. The van der Waals surface area contributed by atoms with E-state index in [0.29, 0.717) is 17.8 Å². The van der Waals surface area contributed by atoms with Gasteiger partial charge in [-0.2, -0.15) is 4.98 Å². The fourth-order valence-electron chi connectivity index (χ4n) is 3.17. The number of pyridine rings is 1. The van der Waals surface area contributed by atoms with Crippen LogP contribution < -0.4 is 5.32 Å². The lowest BCUT2D eigenvalue weighted by molar-refractivity contribution is -0.132. The standard InChI is InChI=1S/C23H21N5O4/c1-28(15-20-26-21(27-32-20)17-9-5-11-24-14-17)23(30)18(13-16-7-3-2-4-8-16)25-22(29)19-10-6-12-31-19/h2-12,14,18H,13,15H2,1H3,(H,25,29). The Morgan fingerprint density at radius 2 is 1.94 bits per heavy atom. The maximum absolute atomic E-state index is 13.2. The van der Waals surface area contributed by atoms with Gasteiger partial charge in [0.25, 0.3) is 5.91 Å². The normalized spacial score (nSPS) is 11.7. The van der Waals surface area contributed by atoms with Gasteiger partial charge >= 0.3 is 0 Å². The summed E-state index contributed by atoms with van der Waals surface area (Å²) in [4.78, 5) is 35.6. The van der Waals surface area contributed by atoms with Crippen molar-refractivity contribution < 1.29 is 18.5 Å². The first-order valence-electron chi connectivity index (χ1n) is 9.96. The highest BCUT2D eigenvalue weighted by Crippen LogP contribution is 2.15. The monoisotopic (exact) mass is 431 g/mol. The number of furan rings is 1. The van der Waals surface area contributed by atoms with Crippen LogP contribution in [0.3, 0.4) is 0 Å². The second kappa shape index (κ2) is 9.69. The van der Waals surface area contributed by atoms with Gasteiger partial charge in [0.1, 0.15) is 6.04 Å². The molecule has 0 fully saturated rings. The van der Waals surface area contributed by atoms with E-state index in [0.717, 1.165) is 5.56 Å². The molecule has 0 bridgehead atoms. The third-order valence-corrected chi connectivity index (χ3v) is 4.77. The summed E-state index contributed by atoms with van der Waals surface area (Å²) in [6, 6.07) is 15.4. The van der Waals surface area contributed by atoms with Crippen LogP contribution in [0.5, 0.6) is 0 Å². The van der Waals surface area contributed by atoms with E-state index >= 15 is 0 Å². The summed E-state index contributed by atoms with van der Waals surface area (Å²) in [6.45, 7) is 0.0913. The van der Waals surface area contributed by atoms with Crippen LogP contribution in [0.1, 0.15) is 22.0 Å². The highest BCUT2D eigenvalue weighted by atomic mass is 16.5. The van der Waals surface area contributed by atoms with E-state index < -0.39 is 11.9 Å². The molecule has 0 spiro atoms. The molecule has 1 unspecified atom stereocenters. The van der Waals surface area contributed by atoms with Crippen LogP contribution >= 0.6 is 0 Å². The van der Waals surface area contributed by atoms with Crippen LogP contribution in [-0.4, -0.2) is 44.9 Å². The summed E-state index contributed by atoms with van der Waals surface area (Å²) in [5.41, 5.74) is 1.62. The summed E-state index contributed by atoms with van der Waals surface area (Å²) in [5, 5.41) is 6.71. The molecular formula is C23H21N5O4. The quantitative estimate of drug-likeness (QED) is 0.456. The summed E-state index contributed by atoms with van der Waals surface area (Å²) in [7, 11) is 1.62.